The van der Waals surface area contributed by atoms with Gasteiger partial charge in [-0.25, -0.2) is 0 Å². The van der Waals surface area contributed by atoms with Crippen LogP contribution in [0.3, 0.4) is 0 Å². The number of nitrogens with one attached hydrogen (secondary N) is 1. The zero-order valence-electron chi connectivity index (χ0n) is 24.7. The second-order valence-corrected chi connectivity index (χ2v) is 13.1. The Bertz CT molecular complexity index is 1190. The molecule has 0 aromatic heterocycles. The van der Waals surface area contributed by atoms with E-state index < -0.39 is 24.2 Å². The van der Waals surface area contributed by atoms with E-state index in [1.165, 1.54) is 26.4 Å². The third-order valence-electron chi connectivity index (χ3n) is 10.6. The monoisotopic (exact) mass is 582 g/mol. The van der Waals surface area contributed by atoms with Gasteiger partial charge in [0.1, 0.15) is 12.2 Å². The van der Waals surface area contributed by atoms with Crippen LogP contribution in [0.4, 0.5) is 0 Å². The molecule has 1 aromatic carbocycles. The molecule has 4 aliphatic carbocycles. The summed E-state index contributed by atoms with van der Waals surface area (Å²) < 4.78 is 12.0. The van der Waals surface area contributed by atoms with E-state index in [-0.39, 0.29) is 37.6 Å². The van der Waals surface area contributed by atoms with Crippen molar-refractivity contribution in [3.8, 4) is 11.5 Å². The van der Waals surface area contributed by atoms with Crippen LogP contribution in [0.25, 0.3) is 0 Å². The standard InChI is InChI=1S/C33H46N2O7/c1-41-27-15-20(18-37)14-24-29-25(33(40)34-10-11-36)17-26(30(39)32(29)42-31(24)27)35(23-6-4-2-3-5-7-23)28(38)16-22-13-19-8-9-21(22)12-19/h14-15,17,19,21-23,26,29-30,32,36-37,39H,2-13,16,18H2,1H3,(H,34,40). The molecule has 1 heterocycles. The number of aliphatic hydroxyl groups excluding tert-OH is 3. The zero-order chi connectivity index (χ0) is 29.4. The van der Waals surface area contributed by atoms with Crippen molar-refractivity contribution in [3.63, 3.8) is 0 Å². The van der Waals surface area contributed by atoms with E-state index in [1.54, 1.807) is 18.2 Å². The van der Waals surface area contributed by atoms with Gasteiger partial charge in [-0.15, -0.1) is 0 Å². The molecule has 7 atom stereocenters. The maximum absolute atomic E-state index is 14.3. The Labute approximate surface area is 248 Å². The number of hydrogen-bond acceptors (Lipinski definition) is 7. The minimum absolute atomic E-state index is 0.00732. The number of methoxy groups -OCH3 is 1. The number of fused-ring (bicyclic) bond motifs is 5. The molecule has 9 heteroatoms. The van der Waals surface area contributed by atoms with Gasteiger partial charge in [-0.3, -0.25) is 9.59 Å². The number of ether oxygens (including phenoxy) is 2. The van der Waals surface area contributed by atoms with Gasteiger partial charge < -0.3 is 35.0 Å². The highest BCUT2D eigenvalue weighted by Crippen LogP contribution is 2.53. The van der Waals surface area contributed by atoms with Crippen molar-refractivity contribution in [2.75, 3.05) is 20.3 Å². The fourth-order valence-electron chi connectivity index (χ4n) is 8.69. The van der Waals surface area contributed by atoms with Gasteiger partial charge in [0.2, 0.25) is 11.8 Å². The van der Waals surface area contributed by atoms with Gasteiger partial charge in [0.15, 0.2) is 11.5 Å². The topological polar surface area (TPSA) is 129 Å². The third-order valence-corrected chi connectivity index (χ3v) is 10.6. The smallest absolute Gasteiger partial charge is 0.247 e. The second-order valence-electron chi connectivity index (χ2n) is 13.1. The molecule has 0 saturated heterocycles. The van der Waals surface area contributed by atoms with E-state index in [1.807, 2.05) is 4.90 Å². The lowest BCUT2D eigenvalue weighted by atomic mass is 9.76. The molecule has 0 spiro atoms. The number of benzene rings is 1. The average molecular weight is 583 g/mol. The molecule has 2 bridgehead atoms. The Balaban J connectivity index is 1.39. The summed E-state index contributed by atoms with van der Waals surface area (Å²) in [5, 5.41) is 34.2. The van der Waals surface area contributed by atoms with Crippen LogP contribution >= 0.6 is 0 Å². The highest BCUT2D eigenvalue weighted by Gasteiger charge is 2.52. The lowest BCUT2D eigenvalue weighted by Gasteiger charge is -2.44. The van der Waals surface area contributed by atoms with Crippen molar-refractivity contribution >= 4 is 11.8 Å². The minimum atomic E-state index is -1.06. The van der Waals surface area contributed by atoms with Gasteiger partial charge in [-0.05, 0) is 73.6 Å². The summed E-state index contributed by atoms with van der Waals surface area (Å²) in [5.74, 6) is 1.73. The number of rotatable bonds is 9. The van der Waals surface area contributed by atoms with Gasteiger partial charge >= 0.3 is 0 Å². The molecule has 7 unspecified atom stereocenters. The predicted octanol–water partition coefficient (Wildman–Crippen LogP) is 3.19. The van der Waals surface area contributed by atoms with E-state index in [9.17, 15) is 24.9 Å². The van der Waals surface area contributed by atoms with E-state index in [0.717, 1.165) is 50.9 Å². The maximum Gasteiger partial charge on any atom is 0.247 e. The molecular formula is C33H46N2O7. The quantitative estimate of drug-likeness (QED) is 0.329. The first-order valence-corrected chi connectivity index (χ1v) is 16.0. The van der Waals surface area contributed by atoms with Crippen molar-refractivity contribution < 1.29 is 34.4 Å². The van der Waals surface area contributed by atoms with Crippen LogP contribution in [0, 0.1) is 17.8 Å². The Morgan fingerprint density at radius 1 is 1.07 bits per heavy atom. The van der Waals surface area contributed by atoms with Gasteiger partial charge in [-0.1, -0.05) is 32.1 Å². The SMILES string of the molecule is COc1cc(CO)cc2c1OC1C2C(C(=O)NCCO)=CC(N(C(=O)CC2CC3CCC2C3)C2CCCCCC2)C1O. The molecule has 5 aliphatic rings. The fourth-order valence-corrected chi connectivity index (χ4v) is 8.69. The normalized spacial score (nSPS) is 31.9. The molecule has 2 amide bonds. The van der Waals surface area contributed by atoms with Crippen LogP contribution in [0.1, 0.15) is 87.7 Å². The molecule has 6 rings (SSSR count). The number of carbonyl (C=O) groups is 2. The minimum Gasteiger partial charge on any atom is -0.493 e. The van der Waals surface area contributed by atoms with Crippen molar-refractivity contribution in [2.45, 2.75) is 107 Å². The van der Waals surface area contributed by atoms with Crippen LogP contribution in [-0.2, 0) is 16.2 Å². The average Bonchev–Trinajstić information content (AvgIpc) is 3.66. The number of carbonyl (C=O) groups excluding carboxylic acids is 2. The van der Waals surface area contributed by atoms with E-state index >= 15 is 0 Å². The fraction of sp³-hybridized carbons (Fsp3) is 0.697. The summed E-state index contributed by atoms with van der Waals surface area (Å²) in [7, 11) is 1.52. The Hall–Kier alpha value is -2.62. The first-order valence-electron chi connectivity index (χ1n) is 16.0. The zero-order valence-corrected chi connectivity index (χ0v) is 24.7. The summed E-state index contributed by atoms with van der Waals surface area (Å²) in [5.41, 5.74) is 1.69. The van der Waals surface area contributed by atoms with Gasteiger partial charge in [0, 0.05) is 30.1 Å². The molecule has 3 saturated carbocycles. The van der Waals surface area contributed by atoms with Gasteiger partial charge in [0.05, 0.1) is 32.3 Å². The van der Waals surface area contributed by atoms with Crippen LogP contribution in [0.2, 0.25) is 0 Å². The van der Waals surface area contributed by atoms with E-state index in [2.05, 4.69) is 5.32 Å². The number of aliphatic hydroxyl groups is 3. The van der Waals surface area contributed by atoms with Crippen LogP contribution in [0.5, 0.6) is 11.5 Å². The molecule has 3 fully saturated rings. The first-order chi connectivity index (χ1) is 20.4. The molecule has 9 nitrogen and oxygen atoms in total. The molecule has 1 aliphatic heterocycles. The third kappa shape index (κ3) is 5.44. The van der Waals surface area contributed by atoms with Crippen molar-refractivity contribution in [2.24, 2.45) is 17.8 Å². The summed E-state index contributed by atoms with van der Waals surface area (Å²) in [6.45, 7) is -0.329. The Morgan fingerprint density at radius 2 is 1.86 bits per heavy atom. The summed E-state index contributed by atoms with van der Waals surface area (Å²) in [4.78, 5) is 29.9. The van der Waals surface area contributed by atoms with Crippen molar-refractivity contribution in [1.29, 1.82) is 0 Å². The van der Waals surface area contributed by atoms with Crippen LogP contribution in [-0.4, -0.2) is 76.6 Å². The number of amides is 2. The molecule has 1 aromatic rings. The lowest BCUT2D eigenvalue weighted by molar-refractivity contribution is -0.142. The molecule has 230 valence electrons. The van der Waals surface area contributed by atoms with Crippen LogP contribution in [0.15, 0.2) is 23.8 Å². The molecular weight excluding hydrogens is 536 g/mol. The summed E-state index contributed by atoms with van der Waals surface area (Å²) in [6, 6.07) is 2.78. The molecule has 4 N–H and O–H groups in total. The maximum atomic E-state index is 14.3. The largest absolute Gasteiger partial charge is 0.493 e. The number of nitrogens with zero attached hydrogens (tertiary/aromatic N) is 1. The van der Waals surface area contributed by atoms with E-state index in [4.69, 9.17) is 9.47 Å². The summed E-state index contributed by atoms with van der Waals surface area (Å²) in [6.07, 6.45) is 11.4. The van der Waals surface area contributed by atoms with Crippen LogP contribution < -0.4 is 14.8 Å². The van der Waals surface area contributed by atoms with Crippen molar-refractivity contribution in [1.82, 2.24) is 10.2 Å². The second kappa shape index (κ2) is 12.5. The number of hydrogen-bond donors (Lipinski definition) is 4. The van der Waals surface area contributed by atoms with Crippen molar-refractivity contribution in [3.05, 3.63) is 34.9 Å². The lowest BCUT2D eigenvalue weighted by Crippen LogP contribution is -2.58. The molecule has 42 heavy (non-hydrogen) atoms. The molecule has 0 radical (unpaired) electrons. The Morgan fingerprint density at radius 3 is 2.50 bits per heavy atom. The van der Waals surface area contributed by atoms with E-state index in [0.29, 0.717) is 46.5 Å². The first kappa shape index (κ1) is 29.5. The Kier molecular flexibility index (Phi) is 8.80. The van der Waals surface area contributed by atoms with Gasteiger partial charge in [-0.2, -0.15) is 0 Å². The predicted molar refractivity (Wildman–Crippen MR) is 156 cm³/mol. The van der Waals surface area contributed by atoms with Gasteiger partial charge in [0.25, 0.3) is 0 Å². The summed E-state index contributed by atoms with van der Waals surface area (Å²) >= 11 is 0. The highest BCUT2D eigenvalue weighted by atomic mass is 16.5. The highest BCUT2D eigenvalue weighted by molar-refractivity contribution is 5.96.